The molecule has 4 heteroatoms. The van der Waals surface area contributed by atoms with Gasteiger partial charge in [-0.15, -0.1) is 0 Å². The molecule has 3 rings (SSSR count). The zero-order valence-corrected chi connectivity index (χ0v) is 13.1. The van der Waals surface area contributed by atoms with Gasteiger partial charge in [0.25, 0.3) is 0 Å². The Morgan fingerprint density at radius 3 is 2.43 bits per heavy atom. The molecule has 1 heterocycles. The predicted octanol–water partition coefficient (Wildman–Crippen LogP) is 3.19. The molecule has 0 spiro atoms. The molecule has 1 aliphatic heterocycles. The van der Waals surface area contributed by atoms with Crippen molar-refractivity contribution in [1.29, 1.82) is 0 Å². The number of hydrogen-bond acceptors (Lipinski definition) is 4. The van der Waals surface area contributed by atoms with Gasteiger partial charge in [0, 0.05) is 0 Å². The number of carbonyl (C=O) groups is 1. The maximum Gasteiger partial charge on any atom is 0.342 e. The van der Waals surface area contributed by atoms with Crippen molar-refractivity contribution >= 4 is 5.97 Å². The van der Waals surface area contributed by atoms with Crippen LogP contribution in [0.5, 0.6) is 5.75 Å². The maximum absolute atomic E-state index is 12.6. The molecule has 21 heavy (non-hydrogen) atoms. The first-order chi connectivity index (χ1) is 9.83. The summed E-state index contributed by atoms with van der Waals surface area (Å²) in [5, 5.41) is 0. The monoisotopic (exact) mass is 290 g/mol. The summed E-state index contributed by atoms with van der Waals surface area (Å²) in [6.45, 7) is 5.65. The van der Waals surface area contributed by atoms with Crippen LogP contribution in [0, 0.1) is 0 Å². The SMILES string of the molecule is COc1ccc(C23CCCC2(C(=O)OC(C)(C)C)O3)cc1. The van der Waals surface area contributed by atoms with Crippen LogP contribution in [0.25, 0.3) is 0 Å². The number of epoxide rings is 1. The molecular formula is C17H22O4. The Morgan fingerprint density at radius 1 is 1.19 bits per heavy atom. The minimum Gasteiger partial charge on any atom is -0.497 e. The van der Waals surface area contributed by atoms with Gasteiger partial charge in [-0.3, -0.25) is 0 Å². The van der Waals surface area contributed by atoms with Gasteiger partial charge in [0.2, 0.25) is 0 Å². The fourth-order valence-electron chi connectivity index (χ4n) is 3.33. The summed E-state index contributed by atoms with van der Waals surface area (Å²) in [6, 6.07) is 7.78. The molecule has 2 aliphatic rings. The van der Waals surface area contributed by atoms with Crippen molar-refractivity contribution in [2.75, 3.05) is 7.11 Å². The maximum atomic E-state index is 12.6. The number of rotatable bonds is 3. The number of methoxy groups -OCH3 is 1. The fraction of sp³-hybridized carbons (Fsp3) is 0.588. The third-order valence-electron chi connectivity index (χ3n) is 4.30. The Labute approximate surface area is 125 Å². The van der Waals surface area contributed by atoms with E-state index in [-0.39, 0.29) is 5.97 Å². The van der Waals surface area contributed by atoms with Crippen molar-refractivity contribution in [3.05, 3.63) is 29.8 Å². The quantitative estimate of drug-likeness (QED) is 0.633. The predicted molar refractivity (Wildman–Crippen MR) is 78.2 cm³/mol. The highest BCUT2D eigenvalue weighted by Crippen LogP contribution is 2.66. The van der Waals surface area contributed by atoms with Crippen LogP contribution in [-0.2, 0) is 19.9 Å². The smallest absolute Gasteiger partial charge is 0.342 e. The molecule has 1 saturated heterocycles. The van der Waals surface area contributed by atoms with Gasteiger partial charge in [0.05, 0.1) is 7.11 Å². The molecule has 0 bridgehead atoms. The molecular weight excluding hydrogens is 268 g/mol. The number of esters is 1. The Morgan fingerprint density at radius 2 is 1.86 bits per heavy atom. The average molecular weight is 290 g/mol. The van der Waals surface area contributed by atoms with Crippen LogP contribution in [0.4, 0.5) is 0 Å². The van der Waals surface area contributed by atoms with Crippen molar-refractivity contribution in [2.45, 2.75) is 56.8 Å². The third kappa shape index (κ3) is 2.13. The van der Waals surface area contributed by atoms with Crippen LogP contribution in [-0.4, -0.2) is 24.3 Å². The number of benzene rings is 1. The lowest BCUT2D eigenvalue weighted by atomic mass is 9.88. The highest BCUT2D eigenvalue weighted by molar-refractivity contribution is 5.86. The third-order valence-corrected chi connectivity index (χ3v) is 4.30. The molecule has 0 N–H and O–H groups in total. The lowest BCUT2D eigenvalue weighted by Crippen LogP contribution is -2.36. The highest BCUT2D eigenvalue weighted by atomic mass is 16.7. The van der Waals surface area contributed by atoms with E-state index in [1.165, 1.54) is 0 Å². The van der Waals surface area contributed by atoms with Crippen molar-refractivity contribution < 1.29 is 19.0 Å². The standard InChI is InChI=1S/C17H22O4/c1-15(2,3)20-14(18)17-11-5-10-16(17,21-17)12-6-8-13(19-4)9-7-12/h6-9H,5,10-11H2,1-4H3. The van der Waals surface area contributed by atoms with Gasteiger partial charge < -0.3 is 14.2 Å². The number of ether oxygens (including phenoxy) is 3. The molecule has 1 saturated carbocycles. The molecule has 114 valence electrons. The molecule has 0 amide bonds. The van der Waals surface area contributed by atoms with Crippen LogP contribution in [0.2, 0.25) is 0 Å². The summed E-state index contributed by atoms with van der Waals surface area (Å²) in [6.07, 6.45) is 2.57. The van der Waals surface area contributed by atoms with Crippen molar-refractivity contribution in [1.82, 2.24) is 0 Å². The molecule has 0 radical (unpaired) electrons. The molecule has 2 atom stereocenters. The van der Waals surface area contributed by atoms with Gasteiger partial charge in [0.1, 0.15) is 17.0 Å². The summed E-state index contributed by atoms with van der Waals surface area (Å²) < 4.78 is 16.7. The van der Waals surface area contributed by atoms with Crippen LogP contribution >= 0.6 is 0 Å². The second kappa shape index (κ2) is 4.47. The van der Waals surface area contributed by atoms with Gasteiger partial charge in [-0.05, 0) is 57.7 Å². The Bertz CT molecular complexity index is 557. The highest BCUT2D eigenvalue weighted by Gasteiger charge is 2.78. The average Bonchev–Trinajstić information content (AvgIpc) is 2.95. The molecule has 2 fully saturated rings. The summed E-state index contributed by atoms with van der Waals surface area (Å²) in [5.74, 6) is 0.569. The van der Waals surface area contributed by atoms with E-state index in [0.29, 0.717) is 0 Å². The fourth-order valence-corrected chi connectivity index (χ4v) is 3.33. The van der Waals surface area contributed by atoms with Gasteiger partial charge in [0.15, 0.2) is 5.60 Å². The summed E-state index contributed by atoms with van der Waals surface area (Å²) in [5.41, 5.74) is -0.741. The Balaban J connectivity index is 1.87. The number of fused-ring (bicyclic) bond motifs is 1. The first kappa shape index (κ1) is 14.4. The number of hydrogen-bond donors (Lipinski definition) is 0. The van der Waals surface area contributed by atoms with Crippen LogP contribution in [0.15, 0.2) is 24.3 Å². The summed E-state index contributed by atoms with van der Waals surface area (Å²) >= 11 is 0. The summed E-state index contributed by atoms with van der Waals surface area (Å²) in [4.78, 5) is 12.6. The van der Waals surface area contributed by atoms with E-state index in [4.69, 9.17) is 14.2 Å². The molecule has 1 aromatic carbocycles. The van der Waals surface area contributed by atoms with E-state index in [1.54, 1.807) is 7.11 Å². The van der Waals surface area contributed by atoms with Crippen LogP contribution < -0.4 is 4.74 Å². The molecule has 0 aromatic heterocycles. The minimum atomic E-state index is -0.783. The van der Waals surface area contributed by atoms with Gasteiger partial charge in [-0.1, -0.05) is 12.1 Å². The largest absolute Gasteiger partial charge is 0.497 e. The normalized spacial score (nSPS) is 30.7. The van der Waals surface area contributed by atoms with Gasteiger partial charge in [-0.25, -0.2) is 4.79 Å². The second-order valence-electron chi connectivity index (χ2n) is 6.84. The summed E-state index contributed by atoms with van der Waals surface area (Å²) in [7, 11) is 1.64. The zero-order valence-electron chi connectivity index (χ0n) is 13.1. The second-order valence-corrected chi connectivity index (χ2v) is 6.84. The van der Waals surface area contributed by atoms with Gasteiger partial charge in [-0.2, -0.15) is 0 Å². The molecule has 2 unspecified atom stereocenters. The van der Waals surface area contributed by atoms with Crippen LogP contribution in [0.1, 0.15) is 45.6 Å². The lowest BCUT2D eigenvalue weighted by molar-refractivity contribution is -0.161. The van der Waals surface area contributed by atoms with E-state index in [0.717, 1.165) is 30.6 Å². The van der Waals surface area contributed by atoms with Crippen LogP contribution in [0.3, 0.4) is 0 Å². The van der Waals surface area contributed by atoms with E-state index in [1.807, 2.05) is 45.0 Å². The van der Waals surface area contributed by atoms with Crippen molar-refractivity contribution in [2.24, 2.45) is 0 Å². The van der Waals surface area contributed by atoms with E-state index >= 15 is 0 Å². The first-order valence-corrected chi connectivity index (χ1v) is 7.41. The van der Waals surface area contributed by atoms with E-state index < -0.39 is 16.8 Å². The first-order valence-electron chi connectivity index (χ1n) is 7.41. The van der Waals surface area contributed by atoms with Crippen molar-refractivity contribution in [3.8, 4) is 5.75 Å². The van der Waals surface area contributed by atoms with E-state index in [9.17, 15) is 4.79 Å². The molecule has 1 aromatic rings. The van der Waals surface area contributed by atoms with Gasteiger partial charge >= 0.3 is 5.97 Å². The number of carbonyl (C=O) groups excluding carboxylic acids is 1. The Hall–Kier alpha value is -1.55. The van der Waals surface area contributed by atoms with Crippen molar-refractivity contribution in [3.63, 3.8) is 0 Å². The molecule has 1 aliphatic carbocycles. The zero-order chi connectivity index (χ0) is 15.3. The minimum absolute atomic E-state index is 0.233. The Kier molecular flexibility index (Phi) is 3.06. The lowest BCUT2D eigenvalue weighted by Gasteiger charge is -2.22. The topological polar surface area (TPSA) is 48.1 Å². The van der Waals surface area contributed by atoms with E-state index in [2.05, 4.69) is 0 Å². The molecule has 4 nitrogen and oxygen atoms in total.